The first-order valence-corrected chi connectivity index (χ1v) is 10.4. The number of hydrogen-bond acceptors (Lipinski definition) is 5. The number of rotatable bonds is 6. The highest BCUT2D eigenvalue weighted by Crippen LogP contribution is 2.18. The van der Waals surface area contributed by atoms with E-state index in [-0.39, 0.29) is 24.0 Å². The molecule has 1 N–H and O–H groups in total. The third kappa shape index (κ3) is 5.79. The Labute approximate surface area is 189 Å². The second kappa shape index (κ2) is 11.1. The molecule has 29 heavy (non-hydrogen) atoms. The minimum atomic E-state index is 0. The third-order valence-corrected chi connectivity index (χ3v) is 5.66. The van der Waals surface area contributed by atoms with E-state index in [2.05, 4.69) is 34.7 Å². The van der Waals surface area contributed by atoms with Crippen molar-refractivity contribution in [2.24, 2.45) is 10.9 Å². The molecule has 0 radical (unpaired) electrons. The molecule has 2 aliphatic rings. The predicted octanol–water partition coefficient (Wildman–Crippen LogP) is 1.51. The molecule has 2 fully saturated rings. The van der Waals surface area contributed by atoms with Crippen LogP contribution in [0.2, 0.25) is 0 Å². The molecule has 0 saturated carbocycles. The van der Waals surface area contributed by atoms with Crippen LogP contribution in [0.4, 0.5) is 0 Å². The number of guanidine groups is 1. The zero-order valence-corrected chi connectivity index (χ0v) is 19.5. The van der Waals surface area contributed by atoms with Crippen LogP contribution in [0.1, 0.15) is 18.7 Å². The van der Waals surface area contributed by atoms with Crippen molar-refractivity contribution in [3.05, 3.63) is 30.2 Å². The fourth-order valence-electron chi connectivity index (χ4n) is 4.16. The van der Waals surface area contributed by atoms with Gasteiger partial charge in [-0.2, -0.15) is 0 Å². The van der Waals surface area contributed by atoms with Gasteiger partial charge in [0.05, 0.1) is 13.2 Å². The molecule has 9 heteroatoms. The Hall–Kier alpha value is -1.46. The third-order valence-electron chi connectivity index (χ3n) is 5.66. The number of nitrogens with zero attached hydrogens (tertiary/aromatic N) is 6. The normalized spacial score (nSPS) is 20.8. The maximum absolute atomic E-state index is 5.46. The number of fused-ring (bicyclic) bond motifs is 1. The van der Waals surface area contributed by atoms with Crippen molar-refractivity contribution in [3.8, 4) is 0 Å². The lowest BCUT2D eigenvalue weighted by atomic mass is 10.1. The predicted molar refractivity (Wildman–Crippen MR) is 125 cm³/mol. The van der Waals surface area contributed by atoms with Crippen molar-refractivity contribution in [1.29, 1.82) is 0 Å². The molecule has 160 valence electrons. The summed E-state index contributed by atoms with van der Waals surface area (Å²) in [5.41, 5.74) is 0.907. The molecule has 2 aliphatic heterocycles. The summed E-state index contributed by atoms with van der Waals surface area (Å²) in [6.45, 7) is 8.13. The van der Waals surface area contributed by atoms with Gasteiger partial charge in [-0.25, -0.2) is 0 Å². The summed E-state index contributed by atoms with van der Waals surface area (Å²) in [6, 6.07) is 5.99. The van der Waals surface area contributed by atoms with Gasteiger partial charge in [0.2, 0.25) is 0 Å². The number of hydrogen-bond donors (Lipinski definition) is 1. The molecule has 4 rings (SSSR count). The Morgan fingerprint density at radius 3 is 2.93 bits per heavy atom. The topological polar surface area (TPSA) is 70.3 Å². The van der Waals surface area contributed by atoms with Crippen molar-refractivity contribution in [1.82, 2.24) is 29.7 Å². The summed E-state index contributed by atoms with van der Waals surface area (Å²) in [5.74, 6) is 2.76. The Balaban J connectivity index is 0.00000240. The molecule has 0 aliphatic carbocycles. The average molecular weight is 513 g/mol. The van der Waals surface area contributed by atoms with Crippen LogP contribution in [0.5, 0.6) is 0 Å². The van der Waals surface area contributed by atoms with Crippen LogP contribution in [0.25, 0.3) is 5.65 Å². The van der Waals surface area contributed by atoms with E-state index >= 15 is 0 Å². The van der Waals surface area contributed by atoms with Crippen molar-refractivity contribution < 1.29 is 4.74 Å². The standard InChI is InChI=1S/C20H31N7O.HI/c1-21-20(26-10-7-17(16-26)15-25-11-13-28-14-12-25)22-8-4-6-19-24-23-18-5-2-3-9-27(18)19;/h2-3,5,9,17H,4,6-8,10-16H2,1H3,(H,21,22);1H. The first kappa shape index (κ1) is 22.2. The summed E-state index contributed by atoms with van der Waals surface area (Å²) in [4.78, 5) is 9.44. The SMILES string of the molecule is CN=C(NCCCc1nnc2ccccn12)N1CCC(CN2CCOCC2)C1.I. The summed E-state index contributed by atoms with van der Waals surface area (Å²) >= 11 is 0. The molecular formula is C20H32IN7O. The molecule has 4 heterocycles. The number of halogens is 1. The second-order valence-corrected chi connectivity index (χ2v) is 7.64. The van der Waals surface area contributed by atoms with Crippen molar-refractivity contribution >= 4 is 35.6 Å². The summed E-state index contributed by atoms with van der Waals surface area (Å²) < 4.78 is 7.52. The quantitative estimate of drug-likeness (QED) is 0.274. The van der Waals surface area contributed by atoms with Crippen LogP contribution in [-0.2, 0) is 11.2 Å². The first-order valence-electron chi connectivity index (χ1n) is 10.4. The van der Waals surface area contributed by atoms with E-state index in [4.69, 9.17) is 4.74 Å². The van der Waals surface area contributed by atoms with Gasteiger partial charge in [0.15, 0.2) is 11.6 Å². The number of aromatic nitrogens is 3. The zero-order chi connectivity index (χ0) is 19.2. The van der Waals surface area contributed by atoms with Crippen LogP contribution in [0.15, 0.2) is 29.4 Å². The van der Waals surface area contributed by atoms with E-state index in [0.29, 0.717) is 0 Å². The van der Waals surface area contributed by atoms with Gasteiger partial charge in [0.25, 0.3) is 0 Å². The molecule has 0 aromatic carbocycles. The summed E-state index contributed by atoms with van der Waals surface area (Å²) in [6.07, 6.45) is 5.16. The number of likely N-dealkylation sites (tertiary alicyclic amines) is 1. The number of aliphatic imine (C=N–C) groups is 1. The fourth-order valence-corrected chi connectivity index (χ4v) is 4.16. The molecule has 0 amide bonds. The van der Waals surface area contributed by atoms with Crippen LogP contribution >= 0.6 is 24.0 Å². The molecule has 2 aromatic heterocycles. The molecule has 2 aromatic rings. The Morgan fingerprint density at radius 2 is 2.10 bits per heavy atom. The van der Waals surface area contributed by atoms with Crippen LogP contribution in [-0.4, -0.2) is 89.9 Å². The van der Waals surface area contributed by atoms with Crippen LogP contribution in [0.3, 0.4) is 0 Å². The van der Waals surface area contributed by atoms with E-state index in [1.54, 1.807) is 0 Å². The van der Waals surface area contributed by atoms with E-state index in [9.17, 15) is 0 Å². The highest BCUT2D eigenvalue weighted by Gasteiger charge is 2.26. The maximum atomic E-state index is 5.46. The van der Waals surface area contributed by atoms with Gasteiger partial charge in [0, 0.05) is 58.9 Å². The number of nitrogens with one attached hydrogen (secondary N) is 1. The maximum Gasteiger partial charge on any atom is 0.193 e. The first-order chi connectivity index (χ1) is 13.8. The van der Waals surface area contributed by atoms with Crippen LogP contribution in [0, 0.1) is 5.92 Å². The Morgan fingerprint density at radius 1 is 1.24 bits per heavy atom. The van der Waals surface area contributed by atoms with Gasteiger partial charge < -0.3 is 15.0 Å². The van der Waals surface area contributed by atoms with Crippen molar-refractivity contribution in [3.63, 3.8) is 0 Å². The van der Waals surface area contributed by atoms with E-state index in [0.717, 1.165) is 82.1 Å². The lowest BCUT2D eigenvalue weighted by Crippen LogP contribution is -2.42. The Kier molecular flexibility index (Phi) is 8.49. The smallest absolute Gasteiger partial charge is 0.193 e. The number of aryl methyl sites for hydroxylation is 1. The van der Waals surface area contributed by atoms with E-state index in [1.807, 2.05) is 31.4 Å². The van der Waals surface area contributed by atoms with E-state index in [1.165, 1.54) is 13.0 Å². The van der Waals surface area contributed by atoms with Gasteiger partial charge in [-0.15, -0.1) is 34.2 Å². The van der Waals surface area contributed by atoms with E-state index < -0.39 is 0 Å². The lowest BCUT2D eigenvalue weighted by Gasteiger charge is -2.29. The monoisotopic (exact) mass is 513 g/mol. The molecule has 1 unspecified atom stereocenters. The van der Waals surface area contributed by atoms with Crippen LogP contribution < -0.4 is 5.32 Å². The number of ether oxygens (including phenoxy) is 1. The van der Waals surface area contributed by atoms with Crippen molar-refractivity contribution in [2.45, 2.75) is 19.3 Å². The summed E-state index contributed by atoms with van der Waals surface area (Å²) in [7, 11) is 1.88. The highest BCUT2D eigenvalue weighted by molar-refractivity contribution is 14.0. The summed E-state index contributed by atoms with van der Waals surface area (Å²) in [5, 5.41) is 12.1. The fraction of sp³-hybridized carbons (Fsp3) is 0.650. The number of morpholine rings is 1. The lowest BCUT2D eigenvalue weighted by molar-refractivity contribution is 0.0315. The molecule has 0 spiro atoms. The van der Waals surface area contributed by atoms with Crippen molar-refractivity contribution in [2.75, 3.05) is 59.5 Å². The van der Waals surface area contributed by atoms with Gasteiger partial charge in [-0.3, -0.25) is 14.3 Å². The molecular weight excluding hydrogens is 481 g/mol. The molecule has 2 saturated heterocycles. The second-order valence-electron chi connectivity index (χ2n) is 7.64. The van der Waals surface area contributed by atoms with Gasteiger partial charge in [-0.1, -0.05) is 6.07 Å². The van der Waals surface area contributed by atoms with Gasteiger partial charge >= 0.3 is 0 Å². The van der Waals surface area contributed by atoms with Gasteiger partial charge in [0.1, 0.15) is 5.82 Å². The molecule has 1 atom stereocenters. The van der Waals surface area contributed by atoms with Gasteiger partial charge in [-0.05, 0) is 30.9 Å². The average Bonchev–Trinajstić information content (AvgIpc) is 3.36. The molecule has 0 bridgehead atoms. The molecule has 8 nitrogen and oxygen atoms in total. The Bertz CT molecular complexity index is 790. The highest BCUT2D eigenvalue weighted by atomic mass is 127. The largest absolute Gasteiger partial charge is 0.379 e. The zero-order valence-electron chi connectivity index (χ0n) is 17.2. The minimum absolute atomic E-state index is 0. The number of pyridine rings is 1. The minimum Gasteiger partial charge on any atom is -0.379 e.